The molecule has 3 rings (SSSR count). The van der Waals surface area contributed by atoms with E-state index in [1.807, 2.05) is 0 Å². The summed E-state index contributed by atoms with van der Waals surface area (Å²) in [5.74, 6) is 1.90. The number of ketones is 1. The van der Waals surface area contributed by atoms with Crippen molar-refractivity contribution in [3.63, 3.8) is 0 Å². The van der Waals surface area contributed by atoms with Crippen LogP contribution < -0.4 is 0 Å². The van der Waals surface area contributed by atoms with Crippen LogP contribution in [0.15, 0.2) is 0 Å². The molecule has 0 amide bonds. The van der Waals surface area contributed by atoms with Gasteiger partial charge in [-0.1, -0.05) is 6.42 Å². The average Bonchev–Trinajstić information content (AvgIpc) is 2.97. The molecule has 1 heterocycles. The number of Topliss-reactive ketones (excluding diaryl/α,β-unsaturated/α-hetero) is 1. The monoisotopic (exact) mass is 207 g/mol. The number of nitrogens with zero attached hydrogens (tertiary/aromatic N) is 1. The molecule has 0 aromatic rings. The van der Waals surface area contributed by atoms with E-state index in [0.29, 0.717) is 11.7 Å². The highest BCUT2D eigenvalue weighted by Crippen LogP contribution is 2.37. The van der Waals surface area contributed by atoms with Crippen LogP contribution in [0.3, 0.4) is 0 Å². The lowest BCUT2D eigenvalue weighted by atomic mass is 9.91. The molecule has 2 heteroatoms. The Labute approximate surface area is 92.0 Å². The van der Waals surface area contributed by atoms with Crippen molar-refractivity contribution in [1.82, 2.24) is 4.90 Å². The number of hydrogen-bond donors (Lipinski definition) is 0. The van der Waals surface area contributed by atoms with Crippen LogP contribution in [0, 0.1) is 11.8 Å². The van der Waals surface area contributed by atoms with Crippen molar-refractivity contribution >= 4 is 5.78 Å². The third kappa shape index (κ3) is 1.96. The van der Waals surface area contributed by atoms with E-state index < -0.39 is 0 Å². The lowest BCUT2D eigenvalue weighted by Gasteiger charge is -2.37. The Morgan fingerprint density at radius 2 is 1.87 bits per heavy atom. The molecule has 0 bridgehead atoms. The van der Waals surface area contributed by atoms with Gasteiger partial charge in [0.15, 0.2) is 0 Å². The molecule has 0 aromatic carbocycles. The standard InChI is InChI=1S/C13H21NO/c15-13(11-6-7-11)9-14-8-2-4-10-3-1-5-12(10)14/h10-12H,1-9H2. The molecule has 0 N–H and O–H groups in total. The summed E-state index contributed by atoms with van der Waals surface area (Å²) in [6.07, 6.45) is 9.23. The molecule has 2 atom stereocenters. The first-order chi connectivity index (χ1) is 7.34. The first-order valence-electron chi connectivity index (χ1n) is 6.61. The molecule has 2 unspecified atom stereocenters. The van der Waals surface area contributed by atoms with Crippen LogP contribution in [-0.4, -0.2) is 29.8 Å². The van der Waals surface area contributed by atoms with Crippen LogP contribution in [-0.2, 0) is 4.79 Å². The van der Waals surface area contributed by atoms with E-state index in [4.69, 9.17) is 0 Å². The van der Waals surface area contributed by atoms with Crippen molar-refractivity contribution in [2.24, 2.45) is 11.8 Å². The van der Waals surface area contributed by atoms with Gasteiger partial charge in [0, 0.05) is 12.0 Å². The first-order valence-corrected chi connectivity index (χ1v) is 6.61. The maximum absolute atomic E-state index is 11.8. The number of likely N-dealkylation sites (tertiary alicyclic amines) is 1. The Morgan fingerprint density at radius 3 is 2.67 bits per heavy atom. The third-order valence-electron chi connectivity index (χ3n) is 4.50. The number of hydrogen-bond acceptors (Lipinski definition) is 2. The molecule has 0 aromatic heterocycles. The molecular weight excluding hydrogens is 186 g/mol. The summed E-state index contributed by atoms with van der Waals surface area (Å²) in [7, 11) is 0. The second kappa shape index (κ2) is 3.89. The molecule has 2 saturated carbocycles. The van der Waals surface area contributed by atoms with E-state index in [0.717, 1.165) is 18.5 Å². The van der Waals surface area contributed by atoms with Gasteiger partial charge in [-0.15, -0.1) is 0 Å². The lowest BCUT2D eigenvalue weighted by molar-refractivity contribution is -0.122. The Bertz CT molecular complexity index is 259. The van der Waals surface area contributed by atoms with Gasteiger partial charge in [-0.25, -0.2) is 0 Å². The van der Waals surface area contributed by atoms with E-state index in [2.05, 4.69) is 4.90 Å². The zero-order chi connectivity index (χ0) is 10.3. The molecule has 15 heavy (non-hydrogen) atoms. The Morgan fingerprint density at radius 1 is 1.07 bits per heavy atom. The minimum absolute atomic E-state index is 0.451. The molecule has 1 aliphatic heterocycles. The Kier molecular flexibility index (Phi) is 2.55. The van der Waals surface area contributed by atoms with E-state index in [9.17, 15) is 4.79 Å². The number of fused-ring (bicyclic) bond motifs is 1. The molecule has 2 nitrogen and oxygen atoms in total. The summed E-state index contributed by atoms with van der Waals surface area (Å²) in [5.41, 5.74) is 0. The molecule has 3 aliphatic rings. The highest BCUT2D eigenvalue weighted by molar-refractivity contribution is 5.85. The van der Waals surface area contributed by atoms with Crippen molar-refractivity contribution in [3.05, 3.63) is 0 Å². The van der Waals surface area contributed by atoms with Crippen LogP contribution >= 0.6 is 0 Å². The van der Waals surface area contributed by atoms with E-state index in [1.54, 1.807) is 0 Å². The fraction of sp³-hybridized carbons (Fsp3) is 0.923. The predicted octanol–water partition coefficient (Wildman–Crippen LogP) is 2.23. The van der Waals surface area contributed by atoms with Crippen LogP contribution in [0.1, 0.15) is 44.9 Å². The smallest absolute Gasteiger partial charge is 0.149 e. The highest BCUT2D eigenvalue weighted by Gasteiger charge is 2.37. The van der Waals surface area contributed by atoms with Crippen LogP contribution in [0.25, 0.3) is 0 Å². The molecule has 3 fully saturated rings. The Hall–Kier alpha value is -0.370. The Balaban J connectivity index is 1.61. The van der Waals surface area contributed by atoms with Crippen molar-refractivity contribution < 1.29 is 4.79 Å². The fourth-order valence-corrected chi connectivity index (χ4v) is 3.49. The van der Waals surface area contributed by atoms with Crippen LogP contribution in [0.2, 0.25) is 0 Å². The quantitative estimate of drug-likeness (QED) is 0.707. The second-order valence-electron chi connectivity index (χ2n) is 5.61. The van der Waals surface area contributed by atoms with E-state index in [1.165, 1.54) is 51.5 Å². The van der Waals surface area contributed by atoms with Crippen LogP contribution in [0.4, 0.5) is 0 Å². The van der Waals surface area contributed by atoms with Crippen molar-refractivity contribution in [2.75, 3.05) is 13.1 Å². The van der Waals surface area contributed by atoms with Gasteiger partial charge in [-0.3, -0.25) is 9.69 Å². The molecule has 0 spiro atoms. The molecular formula is C13H21NO. The normalized spacial score (nSPS) is 36.5. The number of carbonyl (C=O) groups is 1. The molecule has 1 saturated heterocycles. The van der Waals surface area contributed by atoms with Crippen molar-refractivity contribution in [3.8, 4) is 0 Å². The fourth-order valence-electron chi connectivity index (χ4n) is 3.49. The number of piperidine rings is 1. The van der Waals surface area contributed by atoms with E-state index in [-0.39, 0.29) is 0 Å². The van der Waals surface area contributed by atoms with Crippen molar-refractivity contribution in [1.29, 1.82) is 0 Å². The van der Waals surface area contributed by atoms with Gasteiger partial charge in [0.05, 0.1) is 6.54 Å². The molecule has 0 radical (unpaired) electrons. The number of rotatable bonds is 3. The summed E-state index contributed by atoms with van der Waals surface area (Å²) in [4.78, 5) is 14.3. The summed E-state index contributed by atoms with van der Waals surface area (Å²) in [6.45, 7) is 1.95. The minimum Gasteiger partial charge on any atom is -0.298 e. The van der Waals surface area contributed by atoms with E-state index >= 15 is 0 Å². The van der Waals surface area contributed by atoms with Gasteiger partial charge in [0.25, 0.3) is 0 Å². The summed E-state index contributed by atoms with van der Waals surface area (Å²) in [6, 6.07) is 0.765. The van der Waals surface area contributed by atoms with Crippen LogP contribution in [0.5, 0.6) is 0 Å². The highest BCUT2D eigenvalue weighted by atomic mass is 16.1. The van der Waals surface area contributed by atoms with Gasteiger partial charge in [-0.2, -0.15) is 0 Å². The summed E-state index contributed by atoms with van der Waals surface area (Å²) in [5, 5.41) is 0. The molecule has 84 valence electrons. The van der Waals surface area contributed by atoms with Gasteiger partial charge in [0.2, 0.25) is 0 Å². The van der Waals surface area contributed by atoms with Gasteiger partial charge < -0.3 is 0 Å². The zero-order valence-corrected chi connectivity index (χ0v) is 9.45. The summed E-state index contributed by atoms with van der Waals surface area (Å²) < 4.78 is 0. The van der Waals surface area contributed by atoms with Crippen molar-refractivity contribution in [2.45, 2.75) is 51.0 Å². The van der Waals surface area contributed by atoms with Gasteiger partial charge in [0.1, 0.15) is 5.78 Å². The molecule has 2 aliphatic carbocycles. The first kappa shape index (κ1) is 9.83. The SMILES string of the molecule is O=C(CN1CCCC2CCCC21)C1CC1. The van der Waals surface area contributed by atoms with Gasteiger partial charge >= 0.3 is 0 Å². The minimum atomic E-state index is 0.451. The maximum atomic E-state index is 11.8. The summed E-state index contributed by atoms with van der Waals surface area (Å²) >= 11 is 0. The van der Waals surface area contributed by atoms with Gasteiger partial charge in [-0.05, 0) is 51.0 Å². The third-order valence-corrected chi connectivity index (χ3v) is 4.50. The maximum Gasteiger partial charge on any atom is 0.149 e. The predicted molar refractivity (Wildman–Crippen MR) is 59.7 cm³/mol. The largest absolute Gasteiger partial charge is 0.298 e. The average molecular weight is 207 g/mol. The number of carbonyl (C=O) groups excluding carboxylic acids is 1. The lowest BCUT2D eigenvalue weighted by Crippen LogP contribution is -2.45. The zero-order valence-electron chi connectivity index (χ0n) is 9.45. The second-order valence-corrected chi connectivity index (χ2v) is 5.61. The topological polar surface area (TPSA) is 20.3 Å².